The van der Waals surface area contributed by atoms with Gasteiger partial charge in [0, 0.05) is 13.5 Å². The molecule has 0 spiro atoms. The van der Waals surface area contributed by atoms with Crippen LogP contribution < -0.4 is 5.73 Å². The van der Waals surface area contributed by atoms with E-state index < -0.39 is 0 Å². The highest BCUT2D eigenvalue weighted by Gasteiger charge is 2.11. The molecule has 1 aromatic carbocycles. The van der Waals surface area contributed by atoms with Gasteiger partial charge in [-0.1, -0.05) is 18.2 Å². The Morgan fingerprint density at radius 1 is 1.32 bits per heavy atom. The standard InChI is InChI=1S/C13H13BrFN3O/c1-19-7-10-12(14)13(16)18-11(17-10)6-8-4-2-3-5-9(8)15/h2-5H,6-7H2,1H3,(H2,16,17,18). The SMILES string of the molecule is COCc1nc(Cc2ccccc2F)nc(N)c1Br. The second-order valence-corrected chi connectivity index (χ2v) is 4.78. The smallest absolute Gasteiger partial charge is 0.141 e. The highest BCUT2D eigenvalue weighted by Crippen LogP contribution is 2.22. The number of aromatic nitrogens is 2. The fourth-order valence-corrected chi connectivity index (χ4v) is 1.98. The predicted molar refractivity (Wildman–Crippen MR) is 74.1 cm³/mol. The van der Waals surface area contributed by atoms with E-state index in [9.17, 15) is 4.39 Å². The normalized spacial score (nSPS) is 10.7. The summed E-state index contributed by atoms with van der Waals surface area (Å²) >= 11 is 3.31. The minimum atomic E-state index is -0.277. The van der Waals surface area contributed by atoms with Crippen molar-refractivity contribution in [2.24, 2.45) is 0 Å². The summed E-state index contributed by atoms with van der Waals surface area (Å²) in [6, 6.07) is 6.53. The number of hydrogen-bond acceptors (Lipinski definition) is 4. The molecule has 19 heavy (non-hydrogen) atoms. The number of nitrogens with two attached hydrogens (primary N) is 1. The lowest BCUT2D eigenvalue weighted by molar-refractivity contribution is 0.180. The quantitative estimate of drug-likeness (QED) is 0.938. The Hall–Kier alpha value is -1.53. The molecule has 2 aromatic rings. The second kappa shape index (κ2) is 6.08. The van der Waals surface area contributed by atoms with Gasteiger partial charge in [-0.25, -0.2) is 14.4 Å². The lowest BCUT2D eigenvalue weighted by Gasteiger charge is -2.08. The Kier molecular flexibility index (Phi) is 4.44. The highest BCUT2D eigenvalue weighted by molar-refractivity contribution is 9.10. The van der Waals surface area contributed by atoms with Crippen molar-refractivity contribution in [2.75, 3.05) is 12.8 Å². The van der Waals surface area contributed by atoms with E-state index in [1.54, 1.807) is 25.3 Å². The van der Waals surface area contributed by atoms with Crippen molar-refractivity contribution in [1.29, 1.82) is 0 Å². The number of benzene rings is 1. The average molecular weight is 326 g/mol. The molecule has 1 aromatic heterocycles. The van der Waals surface area contributed by atoms with E-state index in [1.807, 2.05) is 0 Å². The minimum Gasteiger partial charge on any atom is -0.383 e. The van der Waals surface area contributed by atoms with Crippen LogP contribution in [-0.4, -0.2) is 17.1 Å². The molecule has 6 heteroatoms. The third kappa shape index (κ3) is 3.27. The highest BCUT2D eigenvalue weighted by atomic mass is 79.9. The summed E-state index contributed by atoms with van der Waals surface area (Å²) in [5.41, 5.74) is 6.98. The molecule has 0 unspecified atom stereocenters. The molecule has 0 aliphatic rings. The van der Waals surface area contributed by atoms with Crippen molar-refractivity contribution >= 4 is 21.7 Å². The summed E-state index contributed by atoms with van der Waals surface area (Å²) < 4.78 is 19.2. The van der Waals surface area contributed by atoms with Crippen LogP contribution in [0.2, 0.25) is 0 Å². The first-order valence-corrected chi connectivity index (χ1v) is 6.44. The van der Waals surface area contributed by atoms with Crippen molar-refractivity contribution in [3.8, 4) is 0 Å². The summed E-state index contributed by atoms with van der Waals surface area (Å²) in [5, 5.41) is 0. The Morgan fingerprint density at radius 2 is 2.05 bits per heavy atom. The van der Waals surface area contributed by atoms with Gasteiger partial charge in [-0.05, 0) is 27.6 Å². The molecule has 0 aliphatic carbocycles. The maximum Gasteiger partial charge on any atom is 0.141 e. The molecule has 1 heterocycles. The number of rotatable bonds is 4. The molecule has 0 saturated carbocycles. The van der Waals surface area contributed by atoms with E-state index >= 15 is 0 Å². The molecule has 0 atom stereocenters. The Bertz CT molecular complexity index is 592. The largest absolute Gasteiger partial charge is 0.383 e. The van der Waals surface area contributed by atoms with Crippen LogP contribution in [0.4, 0.5) is 10.2 Å². The van der Waals surface area contributed by atoms with Gasteiger partial charge < -0.3 is 10.5 Å². The van der Waals surface area contributed by atoms with Gasteiger partial charge in [-0.2, -0.15) is 0 Å². The Balaban J connectivity index is 2.33. The van der Waals surface area contributed by atoms with Crippen LogP contribution in [0.1, 0.15) is 17.1 Å². The number of hydrogen-bond donors (Lipinski definition) is 1. The molecule has 0 aliphatic heterocycles. The molecular formula is C13H13BrFN3O. The third-order valence-corrected chi connectivity index (χ3v) is 3.44. The minimum absolute atomic E-state index is 0.277. The number of nitrogen functional groups attached to an aromatic ring is 1. The first kappa shape index (κ1) is 13.9. The van der Waals surface area contributed by atoms with Gasteiger partial charge in [-0.3, -0.25) is 0 Å². The summed E-state index contributed by atoms with van der Waals surface area (Å²) in [5.74, 6) is 0.520. The first-order valence-electron chi connectivity index (χ1n) is 5.65. The summed E-state index contributed by atoms with van der Waals surface area (Å²) in [6.07, 6.45) is 0.293. The number of halogens is 2. The number of nitrogens with zero attached hydrogens (tertiary/aromatic N) is 2. The van der Waals surface area contributed by atoms with Crippen LogP contribution in [0.3, 0.4) is 0 Å². The zero-order chi connectivity index (χ0) is 13.8. The van der Waals surface area contributed by atoms with Crippen LogP contribution in [0.15, 0.2) is 28.7 Å². The van der Waals surface area contributed by atoms with E-state index in [0.29, 0.717) is 40.4 Å². The number of methoxy groups -OCH3 is 1. The monoisotopic (exact) mass is 325 g/mol. The molecule has 0 radical (unpaired) electrons. The van der Waals surface area contributed by atoms with Gasteiger partial charge in [0.05, 0.1) is 16.8 Å². The van der Waals surface area contributed by atoms with Crippen molar-refractivity contribution in [2.45, 2.75) is 13.0 Å². The molecule has 0 fully saturated rings. The molecule has 0 saturated heterocycles. The van der Waals surface area contributed by atoms with E-state index in [1.165, 1.54) is 6.07 Å². The van der Waals surface area contributed by atoms with Crippen LogP contribution >= 0.6 is 15.9 Å². The Morgan fingerprint density at radius 3 is 2.74 bits per heavy atom. The molecule has 2 N–H and O–H groups in total. The van der Waals surface area contributed by atoms with Gasteiger partial charge in [0.25, 0.3) is 0 Å². The van der Waals surface area contributed by atoms with Crippen LogP contribution in [-0.2, 0) is 17.8 Å². The van der Waals surface area contributed by atoms with E-state index in [4.69, 9.17) is 10.5 Å². The fraction of sp³-hybridized carbons (Fsp3) is 0.231. The molecule has 0 bridgehead atoms. The van der Waals surface area contributed by atoms with Crippen molar-refractivity contribution in [3.63, 3.8) is 0 Å². The van der Waals surface area contributed by atoms with E-state index in [2.05, 4.69) is 25.9 Å². The lowest BCUT2D eigenvalue weighted by Crippen LogP contribution is -2.07. The maximum absolute atomic E-state index is 13.6. The second-order valence-electron chi connectivity index (χ2n) is 3.99. The molecular weight excluding hydrogens is 313 g/mol. The van der Waals surface area contributed by atoms with Gasteiger partial charge >= 0.3 is 0 Å². The van der Waals surface area contributed by atoms with Crippen molar-refractivity contribution in [3.05, 3.63) is 51.6 Å². The molecule has 2 rings (SSSR count). The third-order valence-electron chi connectivity index (χ3n) is 2.58. The summed E-state index contributed by atoms with van der Waals surface area (Å²) in [6.45, 7) is 0.317. The van der Waals surface area contributed by atoms with Crippen molar-refractivity contribution < 1.29 is 9.13 Å². The van der Waals surface area contributed by atoms with Crippen molar-refractivity contribution in [1.82, 2.24) is 9.97 Å². The topological polar surface area (TPSA) is 61.0 Å². The van der Waals surface area contributed by atoms with Crippen LogP contribution in [0.25, 0.3) is 0 Å². The van der Waals surface area contributed by atoms with E-state index in [0.717, 1.165) is 0 Å². The number of anilines is 1. The zero-order valence-corrected chi connectivity index (χ0v) is 11.9. The molecule has 4 nitrogen and oxygen atoms in total. The predicted octanol–water partition coefficient (Wildman–Crippen LogP) is 2.70. The lowest BCUT2D eigenvalue weighted by atomic mass is 10.1. The van der Waals surface area contributed by atoms with Gasteiger partial charge in [0.15, 0.2) is 0 Å². The summed E-state index contributed by atoms with van der Waals surface area (Å²) in [4.78, 5) is 8.48. The number of ether oxygens (including phenoxy) is 1. The van der Waals surface area contributed by atoms with Crippen LogP contribution in [0, 0.1) is 5.82 Å². The molecule has 0 amide bonds. The zero-order valence-electron chi connectivity index (χ0n) is 10.4. The summed E-state index contributed by atoms with van der Waals surface area (Å²) in [7, 11) is 1.57. The van der Waals surface area contributed by atoms with E-state index in [-0.39, 0.29) is 5.82 Å². The van der Waals surface area contributed by atoms with Crippen LogP contribution in [0.5, 0.6) is 0 Å². The molecule has 100 valence electrons. The average Bonchev–Trinajstić information content (AvgIpc) is 2.38. The van der Waals surface area contributed by atoms with Gasteiger partial charge in [-0.15, -0.1) is 0 Å². The fourth-order valence-electron chi connectivity index (χ4n) is 1.69. The maximum atomic E-state index is 13.6. The Labute approximate surface area is 119 Å². The first-order chi connectivity index (χ1) is 9.11. The van der Waals surface area contributed by atoms with Gasteiger partial charge in [0.1, 0.15) is 17.5 Å². The van der Waals surface area contributed by atoms with Gasteiger partial charge in [0.2, 0.25) is 0 Å².